The van der Waals surface area contributed by atoms with E-state index in [0.717, 1.165) is 17.7 Å². The topological polar surface area (TPSA) is 12.0 Å². The Balaban J connectivity index is 1.87. The number of hydrogen-bond donors (Lipinski definition) is 1. The van der Waals surface area contributed by atoms with Gasteiger partial charge in [0.15, 0.2) is 0 Å². The van der Waals surface area contributed by atoms with Crippen LogP contribution >= 0.6 is 46.4 Å². The quantitative estimate of drug-likeness (QED) is 0.515. The van der Waals surface area contributed by atoms with Gasteiger partial charge in [0.1, 0.15) is 0 Å². The van der Waals surface area contributed by atoms with Crippen molar-refractivity contribution in [3.8, 4) is 0 Å². The molecule has 2 aromatic rings. The Morgan fingerprint density at radius 1 is 0.870 bits per heavy atom. The van der Waals surface area contributed by atoms with Crippen molar-refractivity contribution in [2.75, 3.05) is 5.32 Å². The van der Waals surface area contributed by atoms with E-state index < -0.39 is 0 Å². The first kappa shape index (κ1) is 15.7. The number of halogens is 4. The molecule has 2 aromatic carbocycles. The summed E-state index contributed by atoms with van der Waals surface area (Å²) in [7, 11) is 0. The molecule has 1 heterocycles. The van der Waals surface area contributed by atoms with E-state index in [4.69, 9.17) is 46.4 Å². The van der Waals surface area contributed by atoms with E-state index in [-0.39, 0.29) is 6.04 Å². The highest BCUT2D eigenvalue weighted by atomic mass is 35.5. The first-order valence-corrected chi connectivity index (χ1v) is 8.94. The number of rotatable bonds is 1. The van der Waals surface area contributed by atoms with Crippen LogP contribution in [0.5, 0.6) is 0 Å². The monoisotopic (exact) mass is 383 g/mol. The molecule has 1 N–H and O–H groups in total. The largest absolute Gasteiger partial charge is 0.376 e. The Morgan fingerprint density at radius 2 is 1.65 bits per heavy atom. The minimum Gasteiger partial charge on any atom is -0.376 e. The summed E-state index contributed by atoms with van der Waals surface area (Å²) in [4.78, 5) is 0. The van der Waals surface area contributed by atoms with Gasteiger partial charge in [-0.2, -0.15) is 0 Å². The molecular formula is C18H13Cl4N. The number of anilines is 1. The van der Waals surface area contributed by atoms with Crippen LogP contribution in [-0.2, 0) is 0 Å². The van der Waals surface area contributed by atoms with Gasteiger partial charge in [0, 0.05) is 5.92 Å². The second-order valence-electron chi connectivity index (χ2n) is 5.94. The summed E-state index contributed by atoms with van der Waals surface area (Å²) in [6, 6.07) is 9.71. The average molecular weight is 385 g/mol. The highest BCUT2D eigenvalue weighted by Gasteiger charge is 2.39. The summed E-state index contributed by atoms with van der Waals surface area (Å²) >= 11 is 25.3. The van der Waals surface area contributed by atoms with Gasteiger partial charge >= 0.3 is 0 Å². The maximum atomic E-state index is 6.46. The van der Waals surface area contributed by atoms with E-state index in [1.807, 2.05) is 18.2 Å². The van der Waals surface area contributed by atoms with Gasteiger partial charge < -0.3 is 5.32 Å². The van der Waals surface area contributed by atoms with Gasteiger partial charge in [0.25, 0.3) is 0 Å². The molecular weight excluding hydrogens is 372 g/mol. The van der Waals surface area contributed by atoms with Crippen LogP contribution < -0.4 is 5.32 Å². The molecule has 4 rings (SSSR count). The SMILES string of the molecule is Clc1cccc([C@@H]2Nc3c(ccc(Cl)c3Cl)[C@@H]3C=CC[C@H]32)c1Cl. The predicted octanol–water partition coefficient (Wildman–Crippen LogP) is 7.13. The van der Waals surface area contributed by atoms with Gasteiger partial charge in [-0.3, -0.25) is 0 Å². The van der Waals surface area contributed by atoms with E-state index >= 15 is 0 Å². The first-order valence-electron chi connectivity index (χ1n) is 7.43. The molecule has 0 radical (unpaired) electrons. The lowest BCUT2D eigenvalue weighted by molar-refractivity contribution is 0.426. The zero-order valence-electron chi connectivity index (χ0n) is 12.0. The van der Waals surface area contributed by atoms with E-state index in [1.165, 1.54) is 5.56 Å². The first-order chi connectivity index (χ1) is 11.1. The molecule has 0 bridgehead atoms. The van der Waals surface area contributed by atoms with Crippen molar-refractivity contribution in [2.24, 2.45) is 5.92 Å². The molecule has 2 aliphatic rings. The smallest absolute Gasteiger partial charge is 0.0826 e. The molecule has 1 nitrogen and oxygen atoms in total. The van der Waals surface area contributed by atoms with Crippen LogP contribution in [0, 0.1) is 5.92 Å². The summed E-state index contributed by atoms with van der Waals surface area (Å²) in [5.74, 6) is 0.691. The van der Waals surface area contributed by atoms with Gasteiger partial charge in [0.2, 0.25) is 0 Å². The molecule has 118 valence electrons. The van der Waals surface area contributed by atoms with Crippen molar-refractivity contribution in [1.29, 1.82) is 0 Å². The molecule has 0 saturated heterocycles. The number of allylic oxidation sites excluding steroid dienone is 2. The van der Waals surface area contributed by atoms with Crippen LogP contribution in [0.2, 0.25) is 20.1 Å². The third-order valence-electron chi connectivity index (χ3n) is 4.74. The fourth-order valence-electron chi connectivity index (χ4n) is 3.67. The third kappa shape index (κ3) is 2.46. The zero-order valence-corrected chi connectivity index (χ0v) is 15.0. The van der Waals surface area contributed by atoms with Crippen molar-refractivity contribution < 1.29 is 0 Å². The number of benzene rings is 2. The second kappa shape index (κ2) is 5.89. The second-order valence-corrected chi connectivity index (χ2v) is 7.51. The Bertz CT molecular complexity index is 815. The molecule has 0 amide bonds. The molecule has 3 atom stereocenters. The minimum absolute atomic E-state index is 0.0460. The normalized spacial score (nSPS) is 25.0. The van der Waals surface area contributed by atoms with Crippen molar-refractivity contribution in [3.63, 3.8) is 0 Å². The summed E-state index contributed by atoms with van der Waals surface area (Å²) < 4.78 is 0. The van der Waals surface area contributed by atoms with Crippen molar-refractivity contribution in [2.45, 2.75) is 18.4 Å². The molecule has 1 aliphatic heterocycles. The Kier molecular flexibility index (Phi) is 4.01. The standard InChI is InChI=1S/C18H13Cl4N/c19-13-6-2-5-12(15(13)21)17-10-4-1-3-9(10)11-7-8-14(20)16(22)18(11)23-17/h1-3,5-10,17,23H,4H2/t9-,10-,17-/m1/s1. The van der Waals surface area contributed by atoms with Crippen LogP contribution in [-0.4, -0.2) is 0 Å². The highest BCUT2D eigenvalue weighted by molar-refractivity contribution is 6.44. The molecule has 5 heteroatoms. The van der Waals surface area contributed by atoms with E-state index in [0.29, 0.717) is 31.9 Å². The molecule has 23 heavy (non-hydrogen) atoms. The van der Waals surface area contributed by atoms with Crippen LogP contribution in [0.25, 0.3) is 0 Å². The Morgan fingerprint density at radius 3 is 2.48 bits per heavy atom. The summed E-state index contributed by atoms with van der Waals surface area (Å²) in [6.07, 6.45) is 5.46. The average Bonchev–Trinajstić information content (AvgIpc) is 3.03. The lowest BCUT2D eigenvalue weighted by atomic mass is 9.77. The zero-order chi connectivity index (χ0) is 16.1. The molecule has 0 saturated carbocycles. The van der Waals surface area contributed by atoms with Crippen molar-refractivity contribution in [3.05, 3.63) is 73.7 Å². The molecule has 0 unspecified atom stereocenters. The molecule has 1 aliphatic carbocycles. The van der Waals surface area contributed by atoms with Crippen LogP contribution in [0.3, 0.4) is 0 Å². The molecule has 0 aromatic heterocycles. The Hall–Kier alpha value is -0.860. The lowest BCUT2D eigenvalue weighted by Gasteiger charge is -2.38. The van der Waals surface area contributed by atoms with Crippen LogP contribution in [0.1, 0.15) is 29.5 Å². The lowest BCUT2D eigenvalue weighted by Crippen LogP contribution is -2.29. The summed E-state index contributed by atoms with van der Waals surface area (Å²) in [5, 5.41) is 5.84. The maximum absolute atomic E-state index is 6.46. The fraction of sp³-hybridized carbons (Fsp3) is 0.222. The van der Waals surface area contributed by atoms with E-state index in [2.05, 4.69) is 23.5 Å². The van der Waals surface area contributed by atoms with Crippen LogP contribution in [0.15, 0.2) is 42.5 Å². The van der Waals surface area contributed by atoms with Crippen molar-refractivity contribution >= 4 is 52.1 Å². The van der Waals surface area contributed by atoms with E-state index in [1.54, 1.807) is 6.07 Å². The van der Waals surface area contributed by atoms with Gasteiger partial charge in [-0.15, -0.1) is 0 Å². The Labute approximate surface area is 155 Å². The van der Waals surface area contributed by atoms with Crippen LogP contribution in [0.4, 0.5) is 5.69 Å². The number of nitrogens with one attached hydrogen (secondary N) is 1. The predicted molar refractivity (Wildman–Crippen MR) is 99.3 cm³/mol. The minimum atomic E-state index is 0.0460. The third-order valence-corrected chi connectivity index (χ3v) is 6.38. The van der Waals surface area contributed by atoms with Gasteiger partial charge in [-0.25, -0.2) is 0 Å². The maximum Gasteiger partial charge on any atom is 0.0826 e. The van der Waals surface area contributed by atoms with Crippen molar-refractivity contribution in [1.82, 2.24) is 0 Å². The van der Waals surface area contributed by atoms with Gasteiger partial charge in [0.05, 0.1) is 31.8 Å². The molecule has 0 fully saturated rings. The fourth-order valence-corrected chi connectivity index (χ4v) is 4.48. The van der Waals surface area contributed by atoms with Gasteiger partial charge in [-0.05, 0) is 35.6 Å². The summed E-state index contributed by atoms with van der Waals surface area (Å²) in [6.45, 7) is 0. The number of hydrogen-bond acceptors (Lipinski definition) is 1. The van der Waals surface area contributed by atoms with Gasteiger partial charge in [-0.1, -0.05) is 76.8 Å². The highest BCUT2D eigenvalue weighted by Crippen LogP contribution is 2.53. The molecule has 0 spiro atoms. The number of fused-ring (bicyclic) bond motifs is 3. The summed E-state index contributed by atoms with van der Waals surface area (Å²) in [5.41, 5.74) is 3.08. The van der Waals surface area contributed by atoms with E-state index in [9.17, 15) is 0 Å².